The van der Waals surface area contributed by atoms with E-state index in [2.05, 4.69) is 10.2 Å². The first kappa shape index (κ1) is 20.0. The van der Waals surface area contributed by atoms with E-state index < -0.39 is 6.10 Å². The number of hydrogen-bond acceptors (Lipinski definition) is 4. The van der Waals surface area contributed by atoms with Gasteiger partial charge < -0.3 is 5.11 Å². The van der Waals surface area contributed by atoms with E-state index in [-0.39, 0.29) is 0 Å². The fourth-order valence-electron chi connectivity index (χ4n) is 2.96. The molecule has 0 bridgehead atoms. The van der Waals surface area contributed by atoms with Gasteiger partial charge in [0.25, 0.3) is 0 Å². The van der Waals surface area contributed by atoms with Crippen LogP contribution in [0.1, 0.15) is 23.1 Å². The van der Waals surface area contributed by atoms with Crippen molar-refractivity contribution in [2.24, 2.45) is 0 Å². The number of rotatable bonds is 6. The summed E-state index contributed by atoms with van der Waals surface area (Å²) in [7, 11) is 0. The molecule has 0 aliphatic carbocycles. The van der Waals surface area contributed by atoms with Gasteiger partial charge in [0, 0.05) is 21.5 Å². The van der Waals surface area contributed by atoms with Gasteiger partial charge in [0.1, 0.15) is 6.10 Å². The zero-order chi connectivity index (χ0) is 20.2. The molecular weight excluding hydrogens is 425 g/mol. The molecule has 3 aromatic carbocycles. The fourth-order valence-corrected chi connectivity index (χ4v) is 4.66. The molecule has 29 heavy (non-hydrogen) atoms. The van der Waals surface area contributed by atoms with E-state index in [1.807, 2.05) is 83.4 Å². The summed E-state index contributed by atoms with van der Waals surface area (Å²) < 4.78 is 1.87. The largest absolute Gasteiger partial charge is 0.380 e. The minimum Gasteiger partial charge on any atom is -0.380 e. The van der Waals surface area contributed by atoms with Crippen LogP contribution < -0.4 is 0 Å². The van der Waals surface area contributed by atoms with E-state index in [1.165, 1.54) is 11.8 Å². The van der Waals surface area contributed by atoms with E-state index in [0.29, 0.717) is 26.8 Å². The summed E-state index contributed by atoms with van der Waals surface area (Å²) in [6.07, 6.45) is -0.901. The predicted molar refractivity (Wildman–Crippen MR) is 118 cm³/mol. The van der Waals surface area contributed by atoms with Crippen LogP contribution in [0.15, 0.2) is 84.0 Å². The number of aliphatic hydroxyl groups excluding tert-OH is 1. The Kier molecular flexibility index (Phi) is 6.21. The fraction of sp³-hybridized carbons (Fsp3) is 0.0909. The highest BCUT2D eigenvalue weighted by Crippen LogP contribution is 2.33. The van der Waals surface area contributed by atoms with Crippen LogP contribution in [0.5, 0.6) is 0 Å². The zero-order valence-electron chi connectivity index (χ0n) is 15.2. The highest BCUT2D eigenvalue weighted by Gasteiger charge is 2.22. The van der Waals surface area contributed by atoms with Crippen LogP contribution in [-0.2, 0) is 5.75 Å². The lowest BCUT2D eigenvalue weighted by molar-refractivity contribution is 0.207. The lowest BCUT2D eigenvalue weighted by atomic mass is 10.1. The van der Waals surface area contributed by atoms with Crippen molar-refractivity contribution in [1.29, 1.82) is 0 Å². The van der Waals surface area contributed by atoms with Crippen molar-refractivity contribution in [3.63, 3.8) is 0 Å². The number of halogens is 2. The van der Waals surface area contributed by atoms with Crippen molar-refractivity contribution in [1.82, 2.24) is 14.8 Å². The Labute approximate surface area is 183 Å². The van der Waals surface area contributed by atoms with Crippen LogP contribution in [0.3, 0.4) is 0 Å². The molecule has 4 rings (SSSR count). The molecule has 0 aliphatic rings. The normalized spacial score (nSPS) is 12.1. The van der Waals surface area contributed by atoms with Crippen molar-refractivity contribution >= 4 is 35.0 Å². The standard InChI is InChI=1S/C22H17Cl2N3OS/c23-18-12-7-13-19(24)17(18)14-29-22-26-25-21(20(28)15-8-3-1-4-9-15)27(22)16-10-5-2-6-11-16/h1-13,20,28H,14H2/t20-/m1/s1. The van der Waals surface area contributed by atoms with Gasteiger partial charge in [-0.25, -0.2) is 0 Å². The molecule has 0 fully saturated rings. The summed E-state index contributed by atoms with van der Waals surface area (Å²) in [5.74, 6) is 0.986. The Morgan fingerprint density at radius 2 is 1.45 bits per heavy atom. The van der Waals surface area contributed by atoms with Gasteiger partial charge in [0.05, 0.1) is 0 Å². The second-order valence-corrected chi connectivity index (χ2v) is 8.07. The maximum Gasteiger partial charge on any atom is 0.196 e. The molecule has 4 aromatic rings. The molecule has 0 aliphatic heterocycles. The average molecular weight is 442 g/mol. The van der Waals surface area contributed by atoms with Gasteiger partial charge >= 0.3 is 0 Å². The number of benzene rings is 3. The van der Waals surface area contributed by atoms with Gasteiger partial charge in [-0.05, 0) is 35.4 Å². The van der Waals surface area contributed by atoms with Crippen LogP contribution in [0.4, 0.5) is 0 Å². The predicted octanol–water partition coefficient (Wildman–Crippen LogP) is 5.95. The summed E-state index contributed by atoms with van der Waals surface area (Å²) in [6.45, 7) is 0. The molecule has 1 atom stereocenters. The Hall–Kier alpha value is -2.31. The first-order valence-electron chi connectivity index (χ1n) is 8.94. The molecule has 0 amide bonds. The topological polar surface area (TPSA) is 50.9 Å². The molecule has 1 N–H and O–H groups in total. The lowest BCUT2D eigenvalue weighted by Gasteiger charge is -2.14. The summed E-state index contributed by atoms with van der Waals surface area (Å²) in [6, 6.07) is 24.6. The molecule has 7 heteroatoms. The molecule has 0 unspecified atom stereocenters. The summed E-state index contributed by atoms with van der Waals surface area (Å²) in [5, 5.41) is 21.5. The number of nitrogens with zero attached hydrogens (tertiary/aromatic N) is 3. The van der Waals surface area contributed by atoms with Crippen molar-refractivity contribution in [2.45, 2.75) is 17.0 Å². The van der Waals surface area contributed by atoms with E-state index in [4.69, 9.17) is 23.2 Å². The molecule has 0 saturated carbocycles. The van der Waals surface area contributed by atoms with Gasteiger partial charge in [0.2, 0.25) is 0 Å². The maximum absolute atomic E-state index is 10.9. The van der Waals surface area contributed by atoms with Gasteiger partial charge in [-0.3, -0.25) is 4.57 Å². The second-order valence-electron chi connectivity index (χ2n) is 6.31. The highest BCUT2D eigenvalue weighted by molar-refractivity contribution is 7.98. The first-order chi connectivity index (χ1) is 14.1. The third kappa shape index (κ3) is 4.33. The van der Waals surface area contributed by atoms with Gasteiger partial charge in [-0.1, -0.05) is 89.6 Å². The molecule has 0 spiro atoms. The smallest absolute Gasteiger partial charge is 0.196 e. The van der Waals surface area contributed by atoms with Crippen molar-refractivity contribution in [3.8, 4) is 5.69 Å². The summed E-state index contributed by atoms with van der Waals surface area (Å²) >= 11 is 14.1. The number of para-hydroxylation sites is 1. The highest BCUT2D eigenvalue weighted by atomic mass is 35.5. The molecule has 1 heterocycles. The maximum atomic E-state index is 10.9. The first-order valence-corrected chi connectivity index (χ1v) is 10.7. The minimum atomic E-state index is -0.901. The Morgan fingerprint density at radius 3 is 2.10 bits per heavy atom. The zero-order valence-corrected chi connectivity index (χ0v) is 17.6. The molecule has 4 nitrogen and oxygen atoms in total. The number of aliphatic hydroxyl groups is 1. The van der Waals surface area contributed by atoms with Crippen LogP contribution in [0, 0.1) is 0 Å². The molecule has 0 radical (unpaired) electrons. The van der Waals surface area contributed by atoms with Crippen LogP contribution in [-0.4, -0.2) is 19.9 Å². The lowest BCUT2D eigenvalue weighted by Crippen LogP contribution is -2.09. The Balaban J connectivity index is 1.72. The summed E-state index contributed by atoms with van der Waals surface area (Å²) in [5.41, 5.74) is 2.46. The molecular formula is C22H17Cl2N3OS. The second kappa shape index (κ2) is 9.01. The molecule has 1 aromatic heterocycles. The van der Waals surface area contributed by atoms with Crippen LogP contribution >= 0.6 is 35.0 Å². The summed E-state index contributed by atoms with van der Waals surface area (Å²) in [4.78, 5) is 0. The molecule has 0 saturated heterocycles. The number of hydrogen-bond donors (Lipinski definition) is 1. The Bertz CT molecular complexity index is 1080. The SMILES string of the molecule is O[C@H](c1ccccc1)c1nnc(SCc2c(Cl)cccc2Cl)n1-c1ccccc1. The number of thioether (sulfide) groups is 1. The monoisotopic (exact) mass is 441 g/mol. The third-order valence-electron chi connectivity index (χ3n) is 4.44. The molecule has 146 valence electrons. The van der Waals surface area contributed by atoms with Gasteiger partial charge in [0.15, 0.2) is 11.0 Å². The minimum absolute atomic E-state index is 0.454. The van der Waals surface area contributed by atoms with Gasteiger partial charge in [-0.2, -0.15) is 0 Å². The van der Waals surface area contributed by atoms with E-state index >= 15 is 0 Å². The quantitative estimate of drug-likeness (QED) is 0.375. The van der Waals surface area contributed by atoms with Gasteiger partial charge in [-0.15, -0.1) is 10.2 Å². The average Bonchev–Trinajstić information content (AvgIpc) is 3.18. The van der Waals surface area contributed by atoms with E-state index in [9.17, 15) is 5.11 Å². The third-order valence-corrected chi connectivity index (χ3v) is 6.10. The van der Waals surface area contributed by atoms with E-state index in [1.54, 1.807) is 0 Å². The number of aromatic nitrogens is 3. The Morgan fingerprint density at radius 1 is 0.828 bits per heavy atom. The van der Waals surface area contributed by atoms with Crippen molar-refractivity contribution in [2.75, 3.05) is 0 Å². The van der Waals surface area contributed by atoms with Crippen LogP contribution in [0.2, 0.25) is 10.0 Å². The van der Waals surface area contributed by atoms with E-state index in [0.717, 1.165) is 16.8 Å². The van der Waals surface area contributed by atoms with Crippen LogP contribution in [0.25, 0.3) is 5.69 Å². The van der Waals surface area contributed by atoms with Crippen molar-refractivity contribution in [3.05, 3.63) is 106 Å². The van der Waals surface area contributed by atoms with Crippen molar-refractivity contribution < 1.29 is 5.11 Å².